The number of benzene rings is 3. The first-order valence-electron chi connectivity index (χ1n) is 9.50. The van der Waals surface area contributed by atoms with Gasteiger partial charge in [-0.3, -0.25) is 4.79 Å². The predicted octanol–water partition coefficient (Wildman–Crippen LogP) is 4.24. The maximum atomic E-state index is 13.2. The van der Waals surface area contributed by atoms with E-state index in [9.17, 15) is 13.2 Å². The zero-order chi connectivity index (χ0) is 21.6. The standard InChI is InChI=1S/C23H23ClN2O3S/c1-18(25-30(28,29)22-14-12-21(24)13-15-22)23(27)26(16-19-8-4-2-5-9-19)17-20-10-6-3-7-11-20/h2-15,18,25H,16-17H2,1H3/t18-/m0/s1. The minimum absolute atomic E-state index is 0.0595. The number of carbonyl (C=O) groups excluding carboxylic acids is 1. The molecule has 156 valence electrons. The topological polar surface area (TPSA) is 66.5 Å². The van der Waals surface area contributed by atoms with Crippen molar-refractivity contribution in [1.82, 2.24) is 9.62 Å². The molecule has 3 aromatic rings. The van der Waals surface area contributed by atoms with Gasteiger partial charge in [0.15, 0.2) is 0 Å². The number of carbonyl (C=O) groups is 1. The summed E-state index contributed by atoms with van der Waals surface area (Å²) in [4.78, 5) is 14.9. The number of hydrogen-bond donors (Lipinski definition) is 1. The van der Waals surface area contributed by atoms with Crippen molar-refractivity contribution in [3.63, 3.8) is 0 Å². The molecule has 0 saturated heterocycles. The Hall–Kier alpha value is -2.67. The molecule has 0 spiro atoms. The molecular weight excluding hydrogens is 420 g/mol. The Morgan fingerprint density at radius 2 is 1.33 bits per heavy atom. The minimum atomic E-state index is -3.86. The lowest BCUT2D eigenvalue weighted by molar-refractivity contribution is -0.133. The van der Waals surface area contributed by atoms with Gasteiger partial charge in [-0.1, -0.05) is 72.3 Å². The molecule has 0 bridgehead atoms. The first-order valence-corrected chi connectivity index (χ1v) is 11.4. The van der Waals surface area contributed by atoms with Crippen LogP contribution in [0, 0.1) is 0 Å². The van der Waals surface area contributed by atoms with Crippen LogP contribution in [0.5, 0.6) is 0 Å². The van der Waals surface area contributed by atoms with Crippen LogP contribution >= 0.6 is 11.6 Å². The number of sulfonamides is 1. The molecule has 7 heteroatoms. The van der Waals surface area contributed by atoms with E-state index in [-0.39, 0.29) is 10.8 Å². The molecule has 30 heavy (non-hydrogen) atoms. The van der Waals surface area contributed by atoms with Crippen LogP contribution in [0.3, 0.4) is 0 Å². The molecule has 0 radical (unpaired) electrons. The molecule has 0 heterocycles. The van der Waals surface area contributed by atoms with E-state index in [1.165, 1.54) is 24.3 Å². The largest absolute Gasteiger partial charge is 0.333 e. The number of nitrogens with one attached hydrogen (secondary N) is 1. The highest BCUT2D eigenvalue weighted by Gasteiger charge is 2.26. The molecular formula is C23H23ClN2O3S. The van der Waals surface area contributed by atoms with Crippen molar-refractivity contribution in [2.45, 2.75) is 31.0 Å². The van der Waals surface area contributed by atoms with Crippen molar-refractivity contribution in [3.8, 4) is 0 Å². The molecule has 1 amide bonds. The zero-order valence-corrected chi connectivity index (χ0v) is 18.1. The number of halogens is 1. The monoisotopic (exact) mass is 442 g/mol. The Morgan fingerprint density at radius 3 is 1.80 bits per heavy atom. The Morgan fingerprint density at radius 1 is 0.867 bits per heavy atom. The number of amides is 1. The fourth-order valence-electron chi connectivity index (χ4n) is 3.06. The summed E-state index contributed by atoms with van der Waals surface area (Å²) in [7, 11) is -3.86. The van der Waals surface area contributed by atoms with Gasteiger partial charge in [0.25, 0.3) is 0 Å². The highest BCUT2D eigenvalue weighted by atomic mass is 35.5. The second kappa shape index (κ2) is 9.89. The van der Waals surface area contributed by atoms with Crippen LogP contribution in [0.1, 0.15) is 18.1 Å². The minimum Gasteiger partial charge on any atom is -0.333 e. The molecule has 0 saturated carbocycles. The van der Waals surface area contributed by atoms with Crippen LogP contribution < -0.4 is 4.72 Å². The maximum Gasteiger partial charge on any atom is 0.241 e. The van der Waals surface area contributed by atoms with Crippen LogP contribution in [-0.2, 0) is 27.9 Å². The van der Waals surface area contributed by atoms with Crippen LogP contribution in [-0.4, -0.2) is 25.3 Å². The summed E-state index contributed by atoms with van der Waals surface area (Å²) in [6, 6.07) is 24.1. The molecule has 1 atom stereocenters. The molecule has 0 unspecified atom stereocenters. The van der Waals surface area contributed by atoms with Crippen molar-refractivity contribution in [2.75, 3.05) is 0 Å². The van der Waals surface area contributed by atoms with Crippen molar-refractivity contribution in [3.05, 3.63) is 101 Å². The van der Waals surface area contributed by atoms with Crippen molar-refractivity contribution >= 4 is 27.5 Å². The highest BCUT2D eigenvalue weighted by molar-refractivity contribution is 7.89. The fraction of sp³-hybridized carbons (Fsp3) is 0.174. The van der Waals surface area contributed by atoms with E-state index in [0.29, 0.717) is 18.1 Å². The van der Waals surface area contributed by atoms with E-state index in [1.807, 2.05) is 60.7 Å². The zero-order valence-electron chi connectivity index (χ0n) is 16.5. The summed E-state index contributed by atoms with van der Waals surface area (Å²) in [6.45, 7) is 2.31. The van der Waals surface area contributed by atoms with Gasteiger partial charge in [-0.05, 0) is 42.3 Å². The lowest BCUT2D eigenvalue weighted by Crippen LogP contribution is -2.46. The first-order chi connectivity index (χ1) is 14.3. The fourth-order valence-corrected chi connectivity index (χ4v) is 4.38. The lowest BCUT2D eigenvalue weighted by Gasteiger charge is -2.26. The van der Waals surface area contributed by atoms with Crippen molar-refractivity contribution < 1.29 is 13.2 Å². The summed E-state index contributed by atoms with van der Waals surface area (Å²) < 4.78 is 27.8. The Bertz CT molecular complexity index is 1030. The van der Waals surface area contributed by atoms with Gasteiger partial charge in [0.2, 0.25) is 15.9 Å². The quantitative estimate of drug-likeness (QED) is 0.567. The van der Waals surface area contributed by atoms with Gasteiger partial charge in [-0.25, -0.2) is 8.42 Å². The third-order valence-corrected chi connectivity index (χ3v) is 6.38. The molecule has 5 nitrogen and oxygen atoms in total. The van der Waals surface area contributed by atoms with Crippen molar-refractivity contribution in [2.24, 2.45) is 0 Å². The molecule has 1 N–H and O–H groups in total. The van der Waals surface area contributed by atoms with E-state index in [0.717, 1.165) is 11.1 Å². The van der Waals surface area contributed by atoms with Gasteiger partial charge in [-0.15, -0.1) is 0 Å². The highest BCUT2D eigenvalue weighted by Crippen LogP contribution is 2.16. The number of rotatable bonds is 8. The van der Waals surface area contributed by atoms with E-state index >= 15 is 0 Å². The van der Waals surface area contributed by atoms with E-state index in [2.05, 4.69) is 4.72 Å². The molecule has 0 aliphatic heterocycles. The van der Waals surface area contributed by atoms with Gasteiger partial charge < -0.3 is 4.90 Å². The summed E-state index contributed by atoms with van der Waals surface area (Å²) in [5.74, 6) is -0.305. The number of hydrogen-bond acceptors (Lipinski definition) is 3. The van der Waals surface area contributed by atoms with Gasteiger partial charge in [-0.2, -0.15) is 4.72 Å². The van der Waals surface area contributed by atoms with Crippen LogP contribution in [0.25, 0.3) is 0 Å². The molecule has 3 aromatic carbocycles. The van der Waals surface area contributed by atoms with Crippen LogP contribution in [0.2, 0.25) is 5.02 Å². The molecule has 3 rings (SSSR count). The van der Waals surface area contributed by atoms with Gasteiger partial charge in [0.1, 0.15) is 0 Å². The van der Waals surface area contributed by atoms with Crippen molar-refractivity contribution in [1.29, 1.82) is 0 Å². The lowest BCUT2D eigenvalue weighted by atomic mass is 10.1. The Balaban J connectivity index is 1.79. The van der Waals surface area contributed by atoms with Gasteiger partial charge >= 0.3 is 0 Å². The molecule has 0 aromatic heterocycles. The van der Waals surface area contributed by atoms with E-state index in [1.54, 1.807) is 11.8 Å². The van der Waals surface area contributed by atoms with Crippen LogP contribution in [0.4, 0.5) is 0 Å². The predicted molar refractivity (Wildman–Crippen MR) is 118 cm³/mol. The first kappa shape index (κ1) is 22.0. The SMILES string of the molecule is C[C@H](NS(=O)(=O)c1ccc(Cl)cc1)C(=O)N(Cc1ccccc1)Cc1ccccc1. The Labute approximate surface area is 182 Å². The second-order valence-corrected chi connectivity index (χ2v) is 9.11. The summed E-state index contributed by atoms with van der Waals surface area (Å²) in [6.07, 6.45) is 0. The summed E-state index contributed by atoms with van der Waals surface area (Å²) >= 11 is 5.84. The summed E-state index contributed by atoms with van der Waals surface area (Å²) in [5, 5.41) is 0.440. The second-order valence-electron chi connectivity index (χ2n) is 6.96. The average Bonchev–Trinajstić information content (AvgIpc) is 2.74. The third kappa shape index (κ3) is 5.92. The molecule has 0 fully saturated rings. The normalized spacial score (nSPS) is 12.3. The van der Waals surface area contributed by atoms with Gasteiger partial charge in [0, 0.05) is 18.1 Å². The van der Waals surface area contributed by atoms with E-state index in [4.69, 9.17) is 11.6 Å². The maximum absolute atomic E-state index is 13.2. The molecule has 0 aliphatic rings. The summed E-state index contributed by atoms with van der Waals surface area (Å²) in [5.41, 5.74) is 1.93. The third-order valence-electron chi connectivity index (χ3n) is 4.57. The van der Waals surface area contributed by atoms with Gasteiger partial charge in [0.05, 0.1) is 10.9 Å². The number of nitrogens with zero attached hydrogens (tertiary/aromatic N) is 1. The molecule has 0 aliphatic carbocycles. The Kier molecular flexibility index (Phi) is 7.26. The van der Waals surface area contributed by atoms with Crippen LogP contribution in [0.15, 0.2) is 89.8 Å². The average molecular weight is 443 g/mol. The van der Waals surface area contributed by atoms with E-state index < -0.39 is 16.1 Å². The smallest absolute Gasteiger partial charge is 0.241 e.